The van der Waals surface area contributed by atoms with E-state index in [4.69, 9.17) is 10.9 Å². The Morgan fingerprint density at radius 3 is 2.04 bits per heavy atom. The zero-order chi connectivity index (χ0) is 17.9. The van der Waals surface area contributed by atoms with Gasteiger partial charge in [0.1, 0.15) is 0 Å². The molecule has 23 heavy (non-hydrogen) atoms. The number of hydrogen-bond donors (Lipinski definition) is 2. The van der Waals surface area contributed by atoms with Crippen LogP contribution in [0.5, 0.6) is 0 Å². The molecule has 0 saturated carbocycles. The minimum atomic E-state index is -0.381. The summed E-state index contributed by atoms with van der Waals surface area (Å²) in [5, 5.41) is 11.8. The van der Waals surface area contributed by atoms with E-state index in [1.54, 1.807) is 6.08 Å². The smallest absolute Gasteiger partial charge is 0.160 e. The molecule has 1 aliphatic rings. The first-order valence-electron chi connectivity index (χ1n) is 7.77. The van der Waals surface area contributed by atoms with Crippen molar-refractivity contribution in [1.82, 2.24) is 0 Å². The highest BCUT2D eigenvalue weighted by Gasteiger charge is 2.38. The molecule has 0 aromatic rings. The number of carbonyl (C=O) groups excluding carboxylic acids is 2. The molecule has 2 N–H and O–H groups in total. The average molecular weight is 315 g/mol. The molecule has 0 heterocycles. The summed E-state index contributed by atoms with van der Waals surface area (Å²) in [6.45, 7) is 10.7. The molecule has 5 heteroatoms. The van der Waals surface area contributed by atoms with Gasteiger partial charge in [-0.05, 0) is 42.9 Å². The maximum atomic E-state index is 12.3. The van der Waals surface area contributed by atoms with Gasteiger partial charge in [-0.2, -0.15) is 5.11 Å². The van der Waals surface area contributed by atoms with Crippen LogP contribution in [-0.4, -0.2) is 17.3 Å². The standard InChI is InChI=1S/C18H25N3O2/c1-9(2)14-13(7-8-21-20)16(11(5)22)17(12(6)23)15(10(3)4)18(14)19/h7-10,15,19-20H,1-6H3. The molecule has 0 radical (unpaired) electrons. The van der Waals surface area contributed by atoms with Crippen LogP contribution in [0.4, 0.5) is 0 Å². The topological polar surface area (TPSA) is 94.2 Å². The third-order valence-corrected chi connectivity index (χ3v) is 4.03. The minimum Gasteiger partial charge on any atom is -0.304 e. The van der Waals surface area contributed by atoms with Crippen molar-refractivity contribution in [1.29, 1.82) is 10.9 Å². The van der Waals surface area contributed by atoms with E-state index in [1.165, 1.54) is 20.0 Å². The average Bonchev–Trinajstić information content (AvgIpc) is 2.42. The molecule has 0 saturated heterocycles. The van der Waals surface area contributed by atoms with Crippen LogP contribution in [-0.2, 0) is 9.59 Å². The van der Waals surface area contributed by atoms with Crippen LogP contribution >= 0.6 is 0 Å². The molecule has 1 unspecified atom stereocenters. The zero-order valence-electron chi connectivity index (χ0n) is 14.7. The van der Waals surface area contributed by atoms with E-state index >= 15 is 0 Å². The van der Waals surface area contributed by atoms with Gasteiger partial charge in [0.15, 0.2) is 11.6 Å². The van der Waals surface area contributed by atoms with Gasteiger partial charge in [-0.3, -0.25) is 9.59 Å². The third kappa shape index (κ3) is 3.60. The molecule has 1 atom stereocenters. The van der Waals surface area contributed by atoms with Crippen molar-refractivity contribution in [2.24, 2.45) is 22.9 Å². The number of nitrogens with one attached hydrogen (secondary N) is 2. The van der Waals surface area contributed by atoms with Crippen LogP contribution in [0.1, 0.15) is 41.5 Å². The summed E-state index contributed by atoms with van der Waals surface area (Å²) in [6, 6.07) is 0. The number of rotatable bonds is 6. The summed E-state index contributed by atoms with van der Waals surface area (Å²) in [5.74, 6) is -0.701. The van der Waals surface area contributed by atoms with Gasteiger partial charge in [-0.1, -0.05) is 27.7 Å². The Bertz CT molecular complexity index is 649. The quantitative estimate of drug-likeness (QED) is 0.716. The molecular formula is C18H25N3O2. The van der Waals surface area contributed by atoms with E-state index < -0.39 is 0 Å². The Kier molecular flexibility index (Phi) is 6.07. The Hall–Kier alpha value is -2.17. The Morgan fingerprint density at radius 2 is 1.70 bits per heavy atom. The van der Waals surface area contributed by atoms with Gasteiger partial charge < -0.3 is 5.41 Å². The van der Waals surface area contributed by atoms with Crippen LogP contribution in [0, 0.1) is 28.7 Å². The number of nitrogens with zero attached hydrogens (tertiary/aromatic N) is 1. The summed E-state index contributed by atoms with van der Waals surface area (Å²) < 4.78 is 0. The summed E-state index contributed by atoms with van der Waals surface area (Å²) in [4.78, 5) is 24.6. The van der Waals surface area contributed by atoms with E-state index in [1.807, 2.05) is 27.7 Å². The fraction of sp³-hybridized carbons (Fsp3) is 0.500. The zero-order valence-corrected chi connectivity index (χ0v) is 14.7. The Morgan fingerprint density at radius 1 is 1.13 bits per heavy atom. The maximum absolute atomic E-state index is 12.3. The molecule has 1 rings (SSSR count). The van der Waals surface area contributed by atoms with Crippen molar-refractivity contribution in [2.45, 2.75) is 41.5 Å². The second-order valence-electron chi connectivity index (χ2n) is 6.46. The SMILES string of the molecule is CC(=O)C1=C(C(C)=O)C(C(C)C)C(=N)C(C(C)C)=C1C=CN=N. The first-order valence-corrected chi connectivity index (χ1v) is 7.77. The van der Waals surface area contributed by atoms with Gasteiger partial charge in [-0.15, -0.1) is 0 Å². The van der Waals surface area contributed by atoms with Gasteiger partial charge in [0.05, 0.1) is 0 Å². The molecule has 5 nitrogen and oxygen atoms in total. The Labute approximate surface area is 137 Å². The van der Waals surface area contributed by atoms with E-state index in [-0.39, 0.29) is 29.3 Å². The lowest BCUT2D eigenvalue weighted by Gasteiger charge is -2.34. The second-order valence-corrected chi connectivity index (χ2v) is 6.46. The summed E-state index contributed by atoms with van der Waals surface area (Å²) in [5.41, 5.74) is 9.42. The molecule has 0 aromatic carbocycles. The van der Waals surface area contributed by atoms with Crippen molar-refractivity contribution in [3.63, 3.8) is 0 Å². The highest BCUT2D eigenvalue weighted by atomic mass is 16.1. The van der Waals surface area contributed by atoms with Crippen LogP contribution < -0.4 is 0 Å². The minimum absolute atomic E-state index is 0.0250. The first-order chi connectivity index (χ1) is 10.6. The van der Waals surface area contributed by atoms with Crippen molar-refractivity contribution in [3.8, 4) is 0 Å². The van der Waals surface area contributed by atoms with Gasteiger partial charge in [0.25, 0.3) is 0 Å². The fourth-order valence-corrected chi connectivity index (χ4v) is 3.24. The summed E-state index contributed by atoms with van der Waals surface area (Å²) >= 11 is 0. The van der Waals surface area contributed by atoms with Crippen molar-refractivity contribution in [3.05, 3.63) is 34.6 Å². The lowest BCUT2D eigenvalue weighted by atomic mass is 9.68. The largest absolute Gasteiger partial charge is 0.304 e. The number of hydrogen-bond acceptors (Lipinski definition) is 5. The second kappa shape index (κ2) is 7.40. The van der Waals surface area contributed by atoms with Crippen molar-refractivity contribution < 1.29 is 9.59 Å². The molecule has 0 spiro atoms. The number of allylic oxidation sites excluding steroid dienone is 5. The number of carbonyl (C=O) groups is 2. The predicted octanol–water partition coefficient (Wildman–Crippen LogP) is 4.26. The summed E-state index contributed by atoms with van der Waals surface area (Å²) in [7, 11) is 0. The van der Waals surface area contributed by atoms with Gasteiger partial charge in [0.2, 0.25) is 0 Å². The molecule has 1 aliphatic carbocycles. The monoisotopic (exact) mass is 315 g/mol. The molecule has 0 fully saturated rings. The Balaban J connectivity index is 3.92. The highest BCUT2D eigenvalue weighted by molar-refractivity contribution is 6.18. The molecule has 0 aliphatic heterocycles. The van der Waals surface area contributed by atoms with Crippen LogP contribution in [0.2, 0.25) is 0 Å². The van der Waals surface area contributed by atoms with E-state index in [2.05, 4.69) is 5.11 Å². The first kappa shape index (κ1) is 18.9. The van der Waals surface area contributed by atoms with E-state index in [0.717, 1.165) is 5.57 Å². The lowest BCUT2D eigenvalue weighted by Crippen LogP contribution is -2.34. The lowest BCUT2D eigenvalue weighted by molar-refractivity contribution is -0.116. The van der Waals surface area contributed by atoms with E-state index in [0.29, 0.717) is 22.4 Å². The van der Waals surface area contributed by atoms with Gasteiger partial charge >= 0.3 is 0 Å². The van der Waals surface area contributed by atoms with Crippen molar-refractivity contribution in [2.75, 3.05) is 0 Å². The molecule has 0 aromatic heterocycles. The molecule has 0 bridgehead atoms. The highest BCUT2D eigenvalue weighted by Crippen LogP contribution is 2.40. The maximum Gasteiger partial charge on any atom is 0.160 e. The number of Topliss-reactive ketones (excluding diaryl/α,β-unsaturated/α-hetero) is 2. The van der Waals surface area contributed by atoms with E-state index in [9.17, 15) is 9.59 Å². The molecule has 0 amide bonds. The molecule has 124 valence electrons. The van der Waals surface area contributed by atoms with Gasteiger partial charge in [0, 0.05) is 29.0 Å². The summed E-state index contributed by atoms with van der Waals surface area (Å²) in [6.07, 6.45) is 2.84. The normalized spacial score (nSPS) is 19.3. The van der Waals surface area contributed by atoms with Crippen LogP contribution in [0.15, 0.2) is 39.7 Å². The third-order valence-electron chi connectivity index (χ3n) is 4.03. The van der Waals surface area contributed by atoms with Crippen LogP contribution in [0.25, 0.3) is 0 Å². The number of ketones is 2. The van der Waals surface area contributed by atoms with Crippen LogP contribution in [0.3, 0.4) is 0 Å². The predicted molar refractivity (Wildman–Crippen MR) is 90.6 cm³/mol. The molecular weight excluding hydrogens is 290 g/mol. The fourth-order valence-electron chi connectivity index (χ4n) is 3.24. The van der Waals surface area contributed by atoms with Crippen molar-refractivity contribution >= 4 is 17.3 Å². The van der Waals surface area contributed by atoms with Gasteiger partial charge in [-0.25, -0.2) is 5.53 Å².